The Morgan fingerprint density at radius 2 is 2.07 bits per heavy atom. The van der Waals surface area contributed by atoms with Gasteiger partial charge in [-0.15, -0.1) is 5.73 Å². The van der Waals surface area contributed by atoms with Crippen LogP contribution >= 0.6 is 0 Å². The number of carbonyl (C=O) groups excluding carboxylic acids is 1. The summed E-state index contributed by atoms with van der Waals surface area (Å²) in [4.78, 5) is 10.6. The summed E-state index contributed by atoms with van der Waals surface area (Å²) in [7, 11) is 0. The lowest BCUT2D eigenvalue weighted by atomic mass is 9.95. The fourth-order valence-electron chi connectivity index (χ4n) is 1.65. The van der Waals surface area contributed by atoms with Crippen LogP contribution in [0.3, 0.4) is 0 Å². The molecule has 0 bridgehead atoms. The third-order valence-corrected chi connectivity index (χ3v) is 2.33. The second-order valence-electron chi connectivity index (χ2n) is 3.79. The summed E-state index contributed by atoms with van der Waals surface area (Å²) in [6.07, 6.45) is 7.90. The number of ether oxygens (including phenoxy) is 1. The van der Waals surface area contributed by atoms with E-state index >= 15 is 0 Å². The minimum atomic E-state index is -0.232. The first-order valence-corrected chi connectivity index (χ1v) is 5.30. The highest BCUT2D eigenvalue weighted by Gasteiger charge is 2.04. The molecule has 1 aliphatic rings. The van der Waals surface area contributed by atoms with Gasteiger partial charge in [0.15, 0.2) is 0 Å². The molecule has 2 nitrogen and oxygen atoms in total. The molecule has 0 N–H and O–H groups in total. The Morgan fingerprint density at radius 1 is 1.43 bits per heavy atom. The van der Waals surface area contributed by atoms with E-state index in [0.29, 0.717) is 0 Å². The van der Waals surface area contributed by atoms with Crippen LogP contribution in [-0.4, -0.2) is 12.1 Å². The average Bonchev–Trinajstić information content (AvgIpc) is 2.15. The lowest BCUT2D eigenvalue weighted by molar-refractivity contribution is -0.143. The molecule has 0 radical (unpaired) electrons. The summed E-state index contributed by atoms with van der Waals surface area (Å²) in [6, 6.07) is 0. The highest BCUT2D eigenvalue weighted by Crippen LogP contribution is 2.21. The maximum atomic E-state index is 10.6. The van der Waals surface area contributed by atoms with E-state index in [2.05, 4.69) is 5.73 Å². The molecular weight excluding hydrogens is 176 g/mol. The maximum absolute atomic E-state index is 10.6. The zero-order valence-electron chi connectivity index (χ0n) is 9.01. The summed E-state index contributed by atoms with van der Waals surface area (Å²) < 4.78 is 4.97. The number of rotatable bonds is 2. The Bertz CT molecular complexity index is 251. The number of esters is 1. The molecule has 1 atom stereocenters. The van der Waals surface area contributed by atoms with Crippen LogP contribution in [0.25, 0.3) is 0 Å². The Labute approximate surface area is 85.6 Å². The molecule has 0 aromatic heterocycles. The fraction of sp³-hybridized carbons (Fsp3) is 0.667. The Morgan fingerprint density at radius 3 is 2.64 bits per heavy atom. The maximum Gasteiger partial charge on any atom is 0.303 e. The predicted octanol–water partition coefficient (Wildman–Crippen LogP) is 2.98. The van der Waals surface area contributed by atoms with Crippen molar-refractivity contribution >= 4 is 5.97 Å². The quantitative estimate of drug-likeness (QED) is 0.499. The van der Waals surface area contributed by atoms with E-state index in [9.17, 15) is 4.79 Å². The SMILES string of the molecule is CC(=O)O[C@@H](C)C=C=C1CCCCC1. The molecule has 0 spiro atoms. The van der Waals surface area contributed by atoms with Gasteiger partial charge >= 0.3 is 5.97 Å². The van der Waals surface area contributed by atoms with Crippen molar-refractivity contribution in [3.8, 4) is 0 Å². The van der Waals surface area contributed by atoms with Crippen molar-refractivity contribution in [2.45, 2.75) is 52.1 Å². The van der Waals surface area contributed by atoms with Crippen LogP contribution in [0.15, 0.2) is 17.4 Å². The van der Waals surface area contributed by atoms with Crippen LogP contribution in [0.5, 0.6) is 0 Å². The standard InChI is InChI=1S/C12H18O2/c1-10(14-11(2)13)8-9-12-6-4-3-5-7-12/h8,10H,3-7H2,1-2H3/t10-/m0/s1. The second kappa shape index (κ2) is 5.66. The first-order valence-electron chi connectivity index (χ1n) is 5.30. The summed E-state index contributed by atoms with van der Waals surface area (Å²) in [5.74, 6) is -0.232. The Kier molecular flexibility index (Phi) is 4.48. The molecule has 1 fully saturated rings. The molecule has 0 aromatic rings. The summed E-state index contributed by atoms with van der Waals surface area (Å²) >= 11 is 0. The number of carbonyl (C=O) groups is 1. The molecule has 2 heteroatoms. The van der Waals surface area contributed by atoms with Gasteiger partial charge in [-0.2, -0.15) is 0 Å². The minimum absolute atomic E-state index is 0.151. The molecule has 1 saturated carbocycles. The van der Waals surface area contributed by atoms with Gasteiger partial charge in [0.05, 0.1) is 0 Å². The predicted molar refractivity (Wildman–Crippen MR) is 55.9 cm³/mol. The Balaban J connectivity index is 2.46. The molecule has 1 aliphatic carbocycles. The van der Waals surface area contributed by atoms with Crippen LogP contribution in [0, 0.1) is 0 Å². The van der Waals surface area contributed by atoms with Crippen LogP contribution < -0.4 is 0 Å². The molecule has 0 amide bonds. The van der Waals surface area contributed by atoms with Crippen molar-refractivity contribution in [3.63, 3.8) is 0 Å². The topological polar surface area (TPSA) is 26.3 Å². The highest BCUT2D eigenvalue weighted by molar-refractivity contribution is 5.66. The molecule has 0 saturated heterocycles. The first kappa shape index (κ1) is 11.1. The monoisotopic (exact) mass is 194 g/mol. The fourth-order valence-corrected chi connectivity index (χ4v) is 1.65. The molecule has 0 aliphatic heterocycles. The van der Waals surface area contributed by atoms with Gasteiger partial charge in [-0.25, -0.2) is 0 Å². The van der Waals surface area contributed by atoms with Gasteiger partial charge in [-0.1, -0.05) is 6.42 Å². The molecule has 0 unspecified atom stereocenters. The third-order valence-electron chi connectivity index (χ3n) is 2.33. The lowest BCUT2D eigenvalue weighted by Gasteiger charge is -2.11. The Hall–Kier alpha value is -1.01. The van der Waals surface area contributed by atoms with Gasteiger partial charge < -0.3 is 4.74 Å². The number of hydrogen-bond donors (Lipinski definition) is 0. The van der Waals surface area contributed by atoms with E-state index in [1.165, 1.54) is 31.8 Å². The summed E-state index contributed by atoms with van der Waals surface area (Å²) in [5.41, 5.74) is 4.61. The van der Waals surface area contributed by atoms with E-state index in [-0.39, 0.29) is 12.1 Å². The van der Waals surface area contributed by atoms with E-state index in [4.69, 9.17) is 4.74 Å². The first-order chi connectivity index (χ1) is 6.68. The normalized spacial score (nSPS) is 18.3. The van der Waals surface area contributed by atoms with Crippen molar-refractivity contribution in [1.82, 2.24) is 0 Å². The van der Waals surface area contributed by atoms with Crippen LogP contribution in [-0.2, 0) is 9.53 Å². The van der Waals surface area contributed by atoms with Gasteiger partial charge in [0.1, 0.15) is 6.10 Å². The number of hydrogen-bond acceptors (Lipinski definition) is 2. The average molecular weight is 194 g/mol. The van der Waals surface area contributed by atoms with Crippen LogP contribution in [0.2, 0.25) is 0 Å². The summed E-state index contributed by atoms with van der Waals surface area (Å²) in [6.45, 7) is 3.29. The van der Waals surface area contributed by atoms with E-state index in [0.717, 1.165) is 12.8 Å². The van der Waals surface area contributed by atoms with Gasteiger partial charge in [0.25, 0.3) is 0 Å². The van der Waals surface area contributed by atoms with Crippen molar-refractivity contribution in [3.05, 3.63) is 17.4 Å². The van der Waals surface area contributed by atoms with Gasteiger partial charge in [-0.05, 0) is 44.3 Å². The molecule has 78 valence electrons. The van der Waals surface area contributed by atoms with Crippen molar-refractivity contribution < 1.29 is 9.53 Å². The zero-order valence-corrected chi connectivity index (χ0v) is 9.01. The molecule has 0 heterocycles. The van der Waals surface area contributed by atoms with E-state index < -0.39 is 0 Å². The van der Waals surface area contributed by atoms with Gasteiger partial charge in [0.2, 0.25) is 0 Å². The van der Waals surface area contributed by atoms with Crippen molar-refractivity contribution in [2.75, 3.05) is 0 Å². The van der Waals surface area contributed by atoms with E-state index in [1.54, 1.807) is 0 Å². The van der Waals surface area contributed by atoms with Crippen LogP contribution in [0.4, 0.5) is 0 Å². The zero-order chi connectivity index (χ0) is 10.4. The van der Waals surface area contributed by atoms with Gasteiger partial charge in [0, 0.05) is 6.92 Å². The third kappa shape index (κ3) is 4.29. The van der Waals surface area contributed by atoms with Gasteiger partial charge in [-0.3, -0.25) is 4.79 Å². The molecular formula is C12H18O2. The largest absolute Gasteiger partial charge is 0.458 e. The lowest BCUT2D eigenvalue weighted by Crippen LogP contribution is -2.08. The van der Waals surface area contributed by atoms with Crippen molar-refractivity contribution in [2.24, 2.45) is 0 Å². The summed E-state index contributed by atoms with van der Waals surface area (Å²) in [5, 5.41) is 0. The molecule has 14 heavy (non-hydrogen) atoms. The molecule has 0 aromatic carbocycles. The highest BCUT2D eigenvalue weighted by atomic mass is 16.5. The smallest absolute Gasteiger partial charge is 0.303 e. The minimum Gasteiger partial charge on any atom is -0.458 e. The van der Waals surface area contributed by atoms with E-state index in [1.807, 2.05) is 13.0 Å². The van der Waals surface area contributed by atoms with Crippen LogP contribution in [0.1, 0.15) is 46.0 Å². The second-order valence-corrected chi connectivity index (χ2v) is 3.79. The molecule has 1 rings (SSSR count). The van der Waals surface area contributed by atoms with Crippen molar-refractivity contribution in [1.29, 1.82) is 0 Å².